The lowest BCUT2D eigenvalue weighted by molar-refractivity contribution is -0.136. The summed E-state index contributed by atoms with van der Waals surface area (Å²) in [5, 5.41) is 8.69. The molecule has 0 radical (unpaired) electrons. The predicted octanol–water partition coefficient (Wildman–Crippen LogP) is 3.10. The number of hydrogen-bond acceptors (Lipinski definition) is 2. The average Bonchev–Trinajstić information content (AvgIpc) is 2.82. The van der Waals surface area contributed by atoms with Crippen molar-refractivity contribution in [1.82, 2.24) is 0 Å². The molecule has 0 saturated heterocycles. The fourth-order valence-corrected chi connectivity index (χ4v) is 3.61. The van der Waals surface area contributed by atoms with Crippen LogP contribution in [0.25, 0.3) is 0 Å². The standard InChI is InChI=1S/C16H18O3/c17-14(8-9-15(18)19)12-7-6-11-5-4-10-2-1-3-13(12)16(10)11/h6-7,10H,1-5,8-9H2,(H,18,19). The van der Waals surface area contributed by atoms with Gasteiger partial charge in [0, 0.05) is 12.0 Å². The number of rotatable bonds is 4. The van der Waals surface area contributed by atoms with Crippen LogP contribution in [0.1, 0.15) is 65.1 Å². The van der Waals surface area contributed by atoms with E-state index in [2.05, 4.69) is 6.07 Å². The second-order valence-electron chi connectivity index (χ2n) is 5.61. The maximum absolute atomic E-state index is 12.2. The van der Waals surface area contributed by atoms with Crippen LogP contribution < -0.4 is 0 Å². The van der Waals surface area contributed by atoms with Gasteiger partial charge in [-0.2, -0.15) is 0 Å². The zero-order valence-corrected chi connectivity index (χ0v) is 10.9. The molecular formula is C16H18O3. The van der Waals surface area contributed by atoms with Crippen molar-refractivity contribution in [2.24, 2.45) is 0 Å². The summed E-state index contributed by atoms with van der Waals surface area (Å²) in [6, 6.07) is 4.00. The lowest BCUT2D eigenvalue weighted by Crippen LogP contribution is -2.13. The molecule has 0 heterocycles. The van der Waals surface area contributed by atoms with Gasteiger partial charge in [0.1, 0.15) is 0 Å². The Bertz CT molecular complexity index is 545. The molecule has 100 valence electrons. The Labute approximate surface area is 112 Å². The van der Waals surface area contributed by atoms with E-state index in [-0.39, 0.29) is 18.6 Å². The smallest absolute Gasteiger partial charge is 0.303 e. The highest BCUT2D eigenvalue weighted by molar-refractivity contribution is 5.99. The first kappa shape index (κ1) is 12.4. The van der Waals surface area contributed by atoms with Gasteiger partial charge in [-0.05, 0) is 54.7 Å². The zero-order chi connectivity index (χ0) is 13.4. The summed E-state index contributed by atoms with van der Waals surface area (Å²) in [4.78, 5) is 22.8. The number of Topliss-reactive ketones (excluding diaryl/α,β-unsaturated/α-hetero) is 1. The minimum absolute atomic E-state index is 0.00671. The highest BCUT2D eigenvalue weighted by Crippen LogP contribution is 2.43. The van der Waals surface area contributed by atoms with Crippen molar-refractivity contribution in [2.75, 3.05) is 0 Å². The van der Waals surface area contributed by atoms with Crippen molar-refractivity contribution < 1.29 is 14.7 Å². The van der Waals surface area contributed by atoms with E-state index in [0.717, 1.165) is 24.8 Å². The van der Waals surface area contributed by atoms with E-state index in [4.69, 9.17) is 5.11 Å². The van der Waals surface area contributed by atoms with Crippen LogP contribution >= 0.6 is 0 Å². The fraction of sp³-hybridized carbons (Fsp3) is 0.500. The molecule has 1 aromatic carbocycles. The number of aryl methyl sites for hydroxylation is 1. The van der Waals surface area contributed by atoms with Crippen molar-refractivity contribution in [3.8, 4) is 0 Å². The molecule has 0 bridgehead atoms. The van der Waals surface area contributed by atoms with Gasteiger partial charge in [0.25, 0.3) is 0 Å². The minimum Gasteiger partial charge on any atom is -0.481 e. The average molecular weight is 258 g/mol. The molecule has 3 heteroatoms. The van der Waals surface area contributed by atoms with Gasteiger partial charge in [0.15, 0.2) is 5.78 Å². The molecule has 0 spiro atoms. The van der Waals surface area contributed by atoms with E-state index in [0.29, 0.717) is 5.92 Å². The Balaban J connectivity index is 1.93. The Morgan fingerprint density at radius 2 is 2.00 bits per heavy atom. The molecule has 19 heavy (non-hydrogen) atoms. The summed E-state index contributed by atoms with van der Waals surface area (Å²) in [6.45, 7) is 0. The van der Waals surface area contributed by atoms with Gasteiger partial charge in [-0.15, -0.1) is 0 Å². The van der Waals surface area contributed by atoms with Crippen LogP contribution in [0.5, 0.6) is 0 Å². The van der Waals surface area contributed by atoms with Gasteiger partial charge in [-0.3, -0.25) is 9.59 Å². The third-order valence-corrected chi connectivity index (χ3v) is 4.46. The summed E-state index contributed by atoms with van der Waals surface area (Å²) in [7, 11) is 0. The van der Waals surface area contributed by atoms with Gasteiger partial charge >= 0.3 is 5.97 Å². The van der Waals surface area contributed by atoms with Gasteiger partial charge in [-0.1, -0.05) is 12.1 Å². The number of benzene rings is 1. The molecule has 0 aliphatic heterocycles. The van der Waals surface area contributed by atoms with E-state index >= 15 is 0 Å². The van der Waals surface area contributed by atoms with Gasteiger partial charge in [-0.25, -0.2) is 0 Å². The summed E-state index contributed by atoms with van der Waals surface area (Å²) >= 11 is 0. The third kappa shape index (κ3) is 2.18. The first-order valence-electron chi connectivity index (χ1n) is 7.06. The largest absolute Gasteiger partial charge is 0.481 e. The first-order valence-corrected chi connectivity index (χ1v) is 7.06. The van der Waals surface area contributed by atoms with Crippen molar-refractivity contribution in [3.05, 3.63) is 34.4 Å². The zero-order valence-electron chi connectivity index (χ0n) is 10.9. The number of ketones is 1. The Morgan fingerprint density at radius 1 is 1.16 bits per heavy atom. The molecule has 1 unspecified atom stereocenters. The molecule has 3 rings (SSSR count). The third-order valence-electron chi connectivity index (χ3n) is 4.46. The molecule has 2 aliphatic carbocycles. The summed E-state index contributed by atoms with van der Waals surface area (Å²) < 4.78 is 0. The number of carbonyl (C=O) groups excluding carboxylic acids is 1. The molecule has 0 aromatic heterocycles. The topological polar surface area (TPSA) is 54.4 Å². The molecule has 1 atom stereocenters. The van der Waals surface area contributed by atoms with Crippen LogP contribution in [-0.2, 0) is 17.6 Å². The fourth-order valence-electron chi connectivity index (χ4n) is 3.61. The predicted molar refractivity (Wildman–Crippen MR) is 71.6 cm³/mol. The first-order chi connectivity index (χ1) is 9.16. The van der Waals surface area contributed by atoms with Crippen LogP contribution in [0, 0.1) is 0 Å². The second-order valence-corrected chi connectivity index (χ2v) is 5.61. The number of hydrogen-bond donors (Lipinski definition) is 1. The van der Waals surface area contributed by atoms with Gasteiger partial charge in [0.2, 0.25) is 0 Å². The van der Waals surface area contributed by atoms with E-state index in [1.165, 1.54) is 29.5 Å². The minimum atomic E-state index is -0.902. The summed E-state index contributed by atoms with van der Waals surface area (Å²) in [5.41, 5.74) is 4.84. The summed E-state index contributed by atoms with van der Waals surface area (Å²) in [6.07, 6.45) is 5.77. The van der Waals surface area contributed by atoms with Crippen LogP contribution in [0.2, 0.25) is 0 Å². The number of carboxylic acids is 1. The maximum atomic E-state index is 12.2. The van der Waals surface area contributed by atoms with Gasteiger partial charge < -0.3 is 5.11 Å². The Hall–Kier alpha value is -1.64. The summed E-state index contributed by atoms with van der Waals surface area (Å²) in [5.74, 6) is -0.264. The highest BCUT2D eigenvalue weighted by Gasteiger charge is 2.30. The molecule has 0 amide bonds. The lowest BCUT2D eigenvalue weighted by atomic mass is 9.80. The van der Waals surface area contributed by atoms with Crippen LogP contribution in [0.15, 0.2) is 12.1 Å². The SMILES string of the molecule is O=C(O)CCC(=O)c1ccc2c3c1CCCC3CC2. The Morgan fingerprint density at radius 3 is 2.79 bits per heavy atom. The molecule has 1 N–H and O–H groups in total. The molecule has 3 nitrogen and oxygen atoms in total. The quantitative estimate of drug-likeness (QED) is 0.844. The van der Waals surface area contributed by atoms with E-state index in [9.17, 15) is 9.59 Å². The molecule has 0 fully saturated rings. The monoisotopic (exact) mass is 258 g/mol. The lowest BCUT2D eigenvalue weighted by Gasteiger charge is -2.24. The van der Waals surface area contributed by atoms with Crippen molar-refractivity contribution in [3.63, 3.8) is 0 Å². The number of carboxylic acid groups (broad SMARTS) is 1. The molecular weight excluding hydrogens is 240 g/mol. The number of aliphatic carboxylic acids is 1. The van der Waals surface area contributed by atoms with Crippen LogP contribution in [0.3, 0.4) is 0 Å². The van der Waals surface area contributed by atoms with E-state index < -0.39 is 5.97 Å². The van der Waals surface area contributed by atoms with E-state index in [1.54, 1.807) is 0 Å². The van der Waals surface area contributed by atoms with Crippen molar-refractivity contribution >= 4 is 11.8 Å². The molecule has 2 aliphatic rings. The molecule has 1 aromatic rings. The normalized spacial score (nSPS) is 20.1. The van der Waals surface area contributed by atoms with Crippen LogP contribution in [0.4, 0.5) is 0 Å². The highest BCUT2D eigenvalue weighted by atomic mass is 16.4. The molecule has 0 saturated carbocycles. The second kappa shape index (κ2) is 4.80. The van der Waals surface area contributed by atoms with Crippen molar-refractivity contribution in [2.45, 2.75) is 50.9 Å². The van der Waals surface area contributed by atoms with Crippen molar-refractivity contribution in [1.29, 1.82) is 0 Å². The van der Waals surface area contributed by atoms with E-state index in [1.807, 2.05) is 6.07 Å². The number of carbonyl (C=O) groups is 2. The maximum Gasteiger partial charge on any atom is 0.303 e. The van der Waals surface area contributed by atoms with Gasteiger partial charge in [0.05, 0.1) is 6.42 Å². The van der Waals surface area contributed by atoms with Crippen LogP contribution in [-0.4, -0.2) is 16.9 Å². The Kier molecular flexibility index (Phi) is 3.13.